The summed E-state index contributed by atoms with van der Waals surface area (Å²) in [7, 11) is 0. The Morgan fingerprint density at radius 2 is 1.86 bits per heavy atom. The van der Waals surface area contributed by atoms with Crippen LogP contribution < -0.4 is 0 Å². The smallest absolute Gasteiger partial charge is 0.0372 e. The number of thiophene rings is 1. The highest BCUT2D eigenvalue weighted by molar-refractivity contribution is 7.17. The van der Waals surface area contributed by atoms with E-state index in [9.17, 15) is 0 Å². The molecule has 0 atom stereocenters. The Hall–Kier alpha value is -0.820. The average molecular weight is 204 g/mol. The molecule has 0 nitrogen and oxygen atoms in total. The minimum absolute atomic E-state index is 0.251. The second kappa shape index (κ2) is 3.09. The molecule has 0 aliphatic carbocycles. The molecule has 0 amide bonds. The largest absolute Gasteiger partial charge is 0.144 e. The van der Waals surface area contributed by atoms with Gasteiger partial charge in [0.05, 0.1) is 0 Å². The van der Waals surface area contributed by atoms with Crippen molar-refractivity contribution in [2.45, 2.75) is 33.1 Å². The summed E-state index contributed by atoms with van der Waals surface area (Å²) in [6.07, 6.45) is 0. The second-order valence-electron chi connectivity index (χ2n) is 4.88. The maximum atomic E-state index is 2.32. The highest BCUT2D eigenvalue weighted by Crippen LogP contribution is 2.31. The van der Waals surface area contributed by atoms with E-state index in [2.05, 4.69) is 51.3 Å². The van der Waals surface area contributed by atoms with Crippen LogP contribution in [0.25, 0.3) is 10.1 Å². The van der Waals surface area contributed by atoms with E-state index in [1.54, 1.807) is 0 Å². The molecule has 1 aromatic carbocycles. The minimum atomic E-state index is 0.251. The van der Waals surface area contributed by atoms with Gasteiger partial charge in [-0.15, -0.1) is 11.3 Å². The molecule has 14 heavy (non-hydrogen) atoms. The summed E-state index contributed by atoms with van der Waals surface area (Å²) in [6.45, 7) is 8.99. The van der Waals surface area contributed by atoms with Crippen LogP contribution in [0.4, 0.5) is 0 Å². The molecule has 0 saturated carbocycles. The average Bonchev–Trinajstić information content (AvgIpc) is 2.50. The zero-order valence-corrected chi connectivity index (χ0v) is 10.0. The van der Waals surface area contributed by atoms with Crippen molar-refractivity contribution in [3.63, 3.8) is 0 Å². The number of fused-ring (bicyclic) bond motifs is 1. The van der Waals surface area contributed by atoms with Crippen LogP contribution in [-0.2, 0) is 5.41 Å². The lowest BCUT2D eigenvalue weighted by atomic mass is 9.85. The lowest BCUT2D eigenvalue weighted by molar-refractivity contribution is 0.590. The van der Waals surface area contributed by atoms with E-state index in [-0.39, 0.29) is 5.41 Å². The molecule has 2 aromatic rings. The first kappa shape index (κ1) is 9.72. The van der Waals surface area contributed by atoms with Crippen molar-refractivity contribution in [1.82, 2.24) is 0 Å². The van der Waals surface area contributed by atoms with E-state index in [1.165, 1.54) is 21.2 Å². The monoisotopic (exact) mass is 204 g/mol. The lowest BCUT2D eigenvalue weighted by Gasteiger charge is -2.19. The molecular weight excluding hydrogens is 188 g/mol. The van der Waals surface area contributed by atoms with E-state index in [0.717, 1.165) is 0 Å². The third-order valence-electron chi connectivity index (χ3n) is 2.60. The zero-order chi connectivity index (χ0) is 10.3. The third kappa shape index (κ3) is 1.57. The first-order valence-corrected chi connectivity index (χ1v) is 5.85. The maximum Gasteiger partial charge on any atom is 0.0372 e. The van der Waals surface area contributed by atoms with Crippen molar-refractivity contribution in [2.24, 2.45) is 0 Å². The molecule has 1 heterocycles. The van der Waals surface area contributed by atoms with Crippen LogP contribution in [-0.4, -0.2) is 0 Å². The van der Waals surface area contributed by atoms with Crippen LogP contribution in [0.3, 0.4) is 0 Å². The number of benzene rings is 1. The first-order valence-electron chi connectivity index (χ1n) is 4.97. The van der Waals surface area contributed by atoms with Crippen molar-refractivity contribution < 1.29 is 0 Å². The molecule has 0 bridgehead atoms. The van der Waals surface area contributed by atoms with Gasteiger partial charge in [-0.3, -0.25) is 0 Å². The van der Waals surface area contributed by atoms with Crippen LogP contribution in [0.5, 0.6) is 0 Å². The van der Waals surface area contributed by atoms with Crippen molar-refractivity contribution in [1.29, 1.82) is 0 Å². The molecule has 0 saturated heterocycles. The van der Waals surface area contributed by atoms with Crippen molar-refractivity contribution in [3.05, 3.63) is 34.7 Å². The van der Waals surface area contributed by atoms with Gasteiger partial charge in [0.25, 0.3) is 0 Å². The topological polar surface area (TPSA) is 0 Å². The molecule has 0 N–H and O–H groups in total. The van der Waals surface area contributed by atoms with Gasteiger partial charge in [0.2, 0.25) is 0 Å². The Labute approximate surface area is 89.6 Å². The second-order valence-corrected chi connectivity index (χ2v) is 5.80. The van der Waals surface area contributed by atoms with Gasteiger partial charge in [0.15, 0.2) is 0 Å². The van der Waals surface area contributed by atoms with E-state index in [0.29, 0.717) is 0 Å². The molecular formula is C13H16S. The number of rotatable bonds is 0. The summed E-state index contributed by atoms with van der Waals surface area (Å²) in [4.78, 5) is 0. The molecule has 1 heteroatoms. The van der Waals surface area contributed by atoms with Gasteiger partial charge in [-0.25, -0.2) is 0 Å². The molecule has 0 unspecified atom stereocenters. The molecule has 74 valence electrons. The molecule has 2 rings (SSSR count). The van der Waals surface area contributed by atoms with Gasteiger partial charge in [-0.2, -0.15) is 0 Å². The van der Waals surface area contributed by atoms with Crippen LogP contribution >= 0.6 is 11.3 Å². The lowest BCUT2D eigenvalue weighted by Crippen LogP contribution is -2.10. The van der Waals surface area contributed by atoms with Gasteiger partial charge in [-0.1, -0.05) is 26.8 Å². The Morgan fingerprint density at radius 3 is 2.50 bits per heavy atom. The van der Waals surface area contributed by atoms with E-state index in [4.69, 9.17) is 0 Å². The molecule has 0 aliphatic heterocycles. The van der Waals surface area contributed by atoms with Crippen LogP contribution in [0, 0.1) is 6.92 Å². The van der Waals surface area contributed by atoms with Gasteiger partial charge in [0, 0.05) is 4.70 Å². The van der Waals surface area contributed by atoms with Crippen LogP contribution in [0.15, 0.2) is 23.6 Å². The van der Waals surface area contributed by atoms with E-state index >= 15 is 0 Å². The highest BCUT2D eigenvalue weighted by Gasteiger charge is 2.15. The summed E-state index contributed by atoms with van der Waals surface area (Å²) < 4.78 is 1.43. The first-order chi connectivity index (χ1) is 6.48. The van der Waals surface area contributed by atoms with Crippen LogP contribution in [0.1, 0.15) is 31.9 Å². The summed E-state index contributed by atoms with van der Waals surface area (Å²) in [5.41, 5.74) is 3.09. The standard InChI is InChI=1S/C13H16S/c1-9-7-11(13(2,3)4)8-10-5-6-14-12(9)10/h5-8H,1-4H3. The Balaban J connectivity index is 2.70. The van der Waals surface area contributed by atoms with Gasteiger partial charge < -0.3 is 0 Å². The number of hydrogen-bond donors (Lipinski definition) is 0. The fourth-order valence-corrected chi connectivity index (χ4v) is 2.55. The number of aryl methyl sites for hydroxylation is 1. The molecule has 0 spiro atoms. The molecule has 1 aromatic heterocycles. The Morgan fingerprint density at radius 1 is 1.14 bits per heavy atom. The highest BCUT2D eigenvalue weighted by atomic mass is 32.1. The molecule has 0 fully saturated rings. The summed E-state index contributed by atoms with van der Waals surface area (Å²) in [6, 6.07) is 6.85. The summed E-state index contributed by atoms with van der Waals surface area (Å²) in [5.74, 6) is 0. The minimum Gasteiger partial charge on any atom is -0.144 e. The van der Waals surface area contributed by atoms with Crippen molar-refractivity contribution >= 4 is 21.4 Å². The SMILES string of the molecule is Cc1cc(C(C)(C)C)cc2ccsc12. The predicted molar refractivity (Wildman–Crippen MR) is 65.3 cm³/mol. The fourth-order valence-electron chi connectivity index (χ4n) is 1.69. The van der Waals surface area contributed by atoms with Gasteiger partial charge in [-0.05, 0) is 46.4 Å². The Kier molecular flexibility index (Phi) is 2.15. The van der Waals surface area contributed by atoms with Crippen LogP contribution in [0.2, 0.25) is 0 Å². The van der Waals surface area contributed by atoms with E-state index in [1.807, 2.05) is 11.3 Å². The van der Waals surface area contributed by atoms with E-state index < -0.39 is 0 Å². The third-order valence-corrected chi connectivity index (χ3v) is 3.67. The zero-order valence-electron chi connectivity index (χ0n) is 9.22. The van der Waals surface area contributed by atoms with Crippen molar-refractivity contribution in [2.75, 3.05) is 0 Å². The summed E-state index contributed by atoms with van der Waals surface area (Å²) in [5, 5.41) is 3.56. The Bertz CT molecular complexity index is 458. The fraction of sp³-hybridized carbons (Fsp3) is 0.385. The maximum absolute atomic E-state index is 2.32. The normalized spacial score (nSPS) is 12.3. The molecule has 0 aliphatic rings. The van der Waals surface area contributed by atoms with Gasteiger partial charge in [0.1, 0.15) is 0 Å². The predicted octanol–water partition coefficient (Wildman–Crippen LogP) is 4.51. The quantitative estimate of drug-likeness (QED) is 0.592. The number of hydrogen-bond acceptors (Lipinski definition) is 1. The molecule has 0 radical (unpaired) electrons. The van der Waals surface area contributed by atoms with Gasteiger partial charge >= 0.3 is 0 Å². The van der Waals surface area contributed by atoms with Crippen molar-refractivity contribution in [3.8, 4) is 0 Å². The summed E-state index contributed by atoms with van der Waals surface area (Å²) >= 11 is 1.83.